The highest BCUT2D eigenvalue weighted by atomic mass is 19.4. The molecule has 0 saturated heterocycles. The molecule has 0 unspecified atom stereocenters. The first-order valence-electron chi connectivity index (χ1n) is 7.82. The number of aryl methyl sites for hydroxylation is 1. The van der Waals surface area contributed by atoms with Gasteiger partial charge in [-0.25, -0.2) is 4.39 Å². The van der Waals surface area contributed by atoms with Crippen molar-refractivity contribution in [3.8, 4) is 5.75 Å². The van der Waals surface area contributed by atoms with Crippen LogP contribution in [0.2, 0.25) is 0 Å². The van der Waals surface area contributed by atoms with E-state index in [1.54, 1.807) is 12.1 Å². The van der Waals surface area contributed by atoms with E-state index >= 15 is 0 Å². The SMILES string of the molecule is CCCc1ccc(C(F)(F)Oc2ccc(C(F)=CC(F)(F)F)cc2)cc1. The molecule has 0 bridgehead atoms. The van der Waals surface area contributed by atoms with Crippen molar-refractivity contribution in [1.82, 2.24) is 0 Å². The topological polar surface area (TPSA) is 9.23 Å². The van der Waals surface area contributed by atoms with Gasteiger partial charge in [0.2, 0.25) is 0 Å². The van der Waals surface area contributed by atoms with Crippen LogP contribution in [0, 0.1) is 0 Å². The summed E-state index contributed by atoms with van der Waals surface area (Å²) < 4.78 is 82.8. The fraction of sp³-hybridized carbons (Fsp3) is 0.263. The van der Waals surface area contributed by atoms with Gasteiger partial charge in [0.25, 0.3) is 0 Å². The van der Waals surface area contributed by atoms with Crippen LogP contribution in [0.25, 0.3) is 5.83 Å². The highest BCUT2D eigenvalue weighted by Gasteiger charge is 2.34. The van der Waals surface area contributed by atoms with Crippen molar-refractivity contribution in [2.45, 2.75) is 32.1 Å². The summed E-state index contributed by atoms with van der Waals surface area (Å²) in [4.78, 5) is 0. The first-order chi connectivity index (χ1) is 12.1. The van der Waals surface area contributed by atoms with Gasteiger partial charge >= 0.3 is 12.3 Å². The molecule has 2 aromatic carbocycles. The van der Waals surface area contributed by atoms with Crippen LogP contribution in [0.5, 0.6) is 5.75 Å². The first-order valence-corrected chi connectivity index (χ1v) is 7.82. The molecule has 0 fully saturated rings. The van der Waals surface area contributed by atoms with Crippen LogP contribution < -0.4 is 4.74 Å². The molecule has 0 spiro atoms. The van der Waals surface area contributed by atoms with Crippen LogP contribution in [-0.2, 0) is 12.5 Å². The van der Waals surface area contributed by atoms with Crippen molar-refractivity contribution >= 4 is 5.83 Å². The lowest BCUT2D eigenvalue weighted by Crippen LogP contribution is -2.21. The Labute approximate surface area is 146 Å². The Balaban J connectivity index is 2.13. The second-order valence-electron chi connectivity index (χ2n) is 5.62. The summed E-state index contributed by atoms with van der Waals surface area (Å²) in [5.41, 5.74) is 0.176. The molecule has 2 rings (SSSR count). The molecule has 0 aromatic heterocycles. The number of hydrogen-bond acceptors (Lipinski definition) is 1. The largest absolute Gasteiger partial charge is 0.429 e. The van der Waals surface area contributed by atoms with Gasteiger partial charge in [0, 0.05) is 5.56 Å². The van der Waals surface area contributed by atoms with E-state index in [2.05, 4.69) is 4.74 Å². The lowest BCUT2D eigenvalue weighted by atomic mass is 10.1. The van der Waals surface area contributed by atoms with E-state index in [1.165, 1.54) is 12.1 Å². The summed E-state index contributed by atoms with van der Waals surface area (Å²) in [6.45, 7) is 1.97. The summed E-state index contributed by atoms with van der Waals surface area (Å²) >= 11 is 0. The molecule has 1 nitrogen and oxygen atoms in total. The number of ether oxygens (including phenoxy) is 1. The number of rotatable bonds is 6. The number of hydrogen-bond donors (Lipinski definition) is 0. The predicted octanol–water partition coefficient (Wildman–Crippen LogP) is 6.64. The maximum atomic E-state index is 14.2. The van der Waals surface area contributed by atoms with E-state index < -0.39 is 24.2 Å². The second-order valence-corrected chi connectivity index (χ2v) is 5.62. The molecular formula is C19H16F6O. The first kappa shape index (κ1) is 19.9. The summed E-state index contributed by atoms with van der Waals surface area (Å²) in [5.74, 6) is -1.81. The Hall–Kier alpha value is -2.44. The zero-order valence-electron chi connectivity index (χ0n) is 13.8. The van der Waals surface area contributed by atoms with E-state index in [9.17, 15) is 26.3 Å². The van der Waals surface area contributed by atoms with Crippen molar-refractivity contribution in [1.29, 1.82) is 0 Å². The zero-order chi connectivity index (χ0) is 19.4. The van der Waals surface area contributed by atoms with Crippen LogP contribution in [0.15, 0.2) is 54.6 Å². The molecule has 26 heavy (non-hydrogen) atoms. The molecule has 0 N–H and O–H groups in total. The Bertz CT molecular complexity index is 745. The molecular weight excluding hydrogens is 358 g/mol. The fourth-order valence-corrected chi connectivity index (χ4v) is 2.27. The van der Waals surface area contributed by atoms with Gasteiger partial charge in [-0.15, -0.1) is 0 Å². The summed E-state index contributed by atoms with van der Waals surface area (Å²) in [6.07, 6.45) is -7.29. The maximum absolute atomic E-state index is 14.2. The third kappa shape index (κ3) is 5.54. The van der Waals surface area contributed by atoms with Gasteiger partial charge in [0.1, 0.15) is 11.6 Å². The second kappa shape index (κ2) is 7.85. The van der Waals surface area contributed by atoms with E-state index in [0.29, 0.717) is 0 Å². The van der Waals surface area contributed by atoms with Crippen molar-refractivity contribution in [3.05, 3.63) is 71.3 Å². The third-order valence-corrected chi connectivity index (χ3v) is 3.50. The molecule has 0 atom stereocenters. The zero-order valence-corrected chi connectivity index (χ0v) is 13.8. The smallest absolute Gasteiger partial charge is 0.426 e. The molecule has 0 aliphatic carbocycles. The molecule has 0 saturated carbocycles. The number of allylic oxidation sites excluding steroid dienone is 1. The highest BCUT2D eigenvalue weighted by molar-refractivity contribution is 5.60. The van der Waals surface area contributed by atoms with Crippen LogP contribution in [-0.4, -0.2) is 6.18 Å². The molecule has 2 aromatic rings. The lowest BCUT2D eigenvalue weighted by Gasteiger charge is -2.18. The minimum atomic E-state index is -4.81. The quantitative estimate of drug-likeness (QED) is 0.515. The number of alkyl halides is 5. The Kier molecular flexibility index (Phi) is 6.00. The van der Waals surface area contributed by atoms with E-state index in [4.69, 9.17) is 0 Å². The van der Waals surface area contributed by atoms with Crippen LogP contribution in [0.4, 0.5) is 26.3 Å². The van der Waals surface area contributed by atoms with E-state index in [1.807, 2.05) is 6.92 Å². The normalized spacial score (nSPS) is 13.0. The van der Waals surface area contributed by atoms with Crippen LogP contribution in [0.1, 0.15) is 30.0 Å². The van der Waals surface area contributed by atoms with E-state index in [-0.39, 0.29) is 16.9 Å². The molecule has 0 heterocycles. The van der Waals surface area contributed by atoms with Crippen molar-refractivity contribution in [2.75, 3.05) is 0 Å². The molecule has 0 aliphatic heterocycles. The number of halogens is 6. The van der Waals surface area contributed by atoms with Crippen LogP contribution >= 0.6 is 0 Å². The minimum absolute atomic E-state index is 0.295. The van der Waals surface area contributed by atoms with Crippen molar-refractivity contribution < 1.29 is 31.1 Å². The van der Waals surface area contributed by atoms with Crippen LogP contribution in [0.3, 0.4) is 0 Å². The average molecular weight is 374 g/mol. The molecule has 0 aliphatic rings. The molecule has 7 heteroatoms. The average Bonchev–Trinajstić information content (AvgIpc) is 2.54. The van der Waals surface area contributed by atoms with Gasteiger partial charge in [0.15, 0.2) is 0 Å². The lowest BCUT2D eigenvalue weighted by molar-refractivity contribution is -0.185. The Morgan fingerprint density at radius 1 is 0.923 bits per heavy atom. The van der Waals surface area contributed by atoms with Gasteiger partial charge in [-0.2, -0.15) is 22.0 Å². The van der Waals surface area contributed by atoms with Gasteiger partial charge in [-0.3, -0.25) is 0 Å². The van der Waals surface area contributed by atoms with Gasteiger partial charge in [-0.1, -0.05) is 25.5 Å². The van der Waals surface area contributed by atoms with E-state index in [0.717, 1.165) is 42.7 Å². The maximum Gasteiger partial charge on any atom is 0.426 e. The van der Waals surface area contributed by atoms with Gasteiger partial charge < -0.3 is 4.74 Å². The molecule has 0 amide bonds. The highest BCUT2D eigenvalue weighted by Crippen LogP contribution is 2.33. The number of benzene rings is 2. The summed E-state index contributed by atoms with van der Waals surface area (Å²) in [7, 11) is 0. The van der Waals surface area contributed by atoms with Crippen molar-refractivity contribution in [2.24, 2.45) is 0 Å². The van der Waals surface area contributed by atoms with Crippen molar-refractivity contribution in [3.63, 3.8) is 0 Å². The summed E-state index contributed by atoms with van der Waals surface area (Å²) in [6, 6.07) is 9.51. The van der Waals surface area contributed by atoms with Gasteiger partial charge in [0.05, 0.1) is 11.6 Å². The monoisotopic (exact) mass is 374 g/mol. The Morgan fingerprint density at radius 2 is 1.50 bits per heavy atom. The standard InChI is InChI=1S/C19H16F6O/c1-2-3-13-4-8-15(9-5-13)19(24,25)26-16-10-6-14(7-11-16)17(20)12-18(21,22)23/h4-12H,2-3H2,1H3. The minimum Gasteiger partial charge on any atom is -0.429 e. The predicted molar refractivity (Wildman–Crippen MR) is 86.5 cm³/mol. The summed E-state index contributed by atoms with van der Waals surface area (Å²) in [5, 5.41) is 0. The fourth-order valence-electron chi connectivity index (χ4n) is 2.27. The third-order valence-electron chi connectivity index (χ3n) is 3.50. The van der Waals surface area contributed by atoms with Gasteiger partial charge in [-0.05, 0) is 48.4 Å². The molecule has 140 valence electrons. The Morgan fingerprint density at radius 3 is 2.00 bits per heavy atom. The molecule has 0 radical (unpaired) electrons.